The van der Waals surface area contributed by atoms with Gasteiger partial charge in [0.1, 0.15) is 0 Å². The largest absolute Gasteiger partial charge is 0.0617 e. The summed E-state index contributed by atoms with van der Waals surface area (Å²) >= 11 is 0. The molecule has 0 heteroatoms. The molecule has 0 N–H and O–H groups in total. The highest BCUT2D eigenvalue weighted by Crippen LogP contribution is 2.35. The summed E-state index contributed by atoms with van der Waals surface area (Å²) in [6.45, 7) is 4.60. The quantitative estimate of drug-likeness (QED) is 0.653. The second-order valence-corrected chi connectivity index (χ2v) is 5.10. The molecule has 1 fully saturated rings. The molecule has 1 aliphatic carbocycles. The normalized spacial score (nSPS) is 20.1. The highest BCUT2D eigenvalue weighted by molar-refractivity contribution is 5.25. The Balaban J connectivity index is 2.08. The molecule has 82 valence electrons. The van der Waals surface area contributed by atoms with Crippen molar-refractivity contribution < 1.29 is 0 Å². The van der Waals surface area contributed by atoms with E-state index in [0.29, 0.717) is 0 Å². The van der Waals surface area contributed by atoms with Crippen LogP contribution >= 0.6 is 0 Å². The number of hydrogen-bond donors (Lipinski definition) is 0. The SMILES string of the molecule is Cc1cccc(C(C)C2CCCCC2)c1. The van der Waals surface area contributed by atoms with Crippen LogP contribution in [0.5, 0.6) is 0 Å². The molecule has 0 aromatic heterocycles. The molecular formula is C15H22. The maximum absolute atomic E-state index is 2.41. The van der Waals surface area contributed by atoms with Gasteiger partial charge in [-0.2, -0.15) is 0 Å². The predicted molar refractivity (Wildman–Crippen MR) is 66.2 cm³/mol. The molecule has 1 atom stereocenters. The van der Waals surface area contributed by atoms with Crippen LogP contribution in [0.25, 0.3) is 0 Å². The van der Waals surface area contributed by atoms with Crippen molar-refractivity contribution in [3.8, 4) is 0 Å². The average molecular weight is 202 g/mol. The van der Waals surface area contributed by atoms with Crippen molar-refractivity contribution in [3.05, 3.63) is 35.4 Å². The van der Waals surface area contributed by atoms with E-state index in [9.17, 15) is 0 Å². The van der Waals surface area contributed by atoms with Crippen molar-refractivity contribution in [2.24, 2.45) is 5.92 Å². The van der Waals surface area contributed by atoms with Gasteiger partial charge in [0.05, 0.1) is 0 Å². The summed E-state index contributed by atoms with van der Waals surface area (Å²) in [7, 11) is 0. The molecule has 2 rings (SSSR count). The smallest absolute Gasteiger partial charge is 0.0162 e. The Morgan fingerprint density at radius 1 is 1.13 bits per heavy atom. The van der Waals surface area contributed by atoms with Crippen molar-refractivity contribution >= 4 is 0 Å². The van der Waals surface area contributed by atoms with E-state index in [1.807, 2.05) is 0 Å². The average Bonchev–Trinajstić information content (AvgIpc) is 2.29. The van der Waals surface area contributed by atoms with Gasteiger partial charge in [-0.1, -0.05) is 56.0 Å². The molecule has 1 aliphatic rings. The Bertz CT molecular complexity index is 308. The van der Waals surface area contributed by atoms with Crippen molar-refractivity contribution in [2.45, 2.75) is 51.9 Å². The lowest BCUT2D eigenvalue weighted by atomic mass is 9.77. The maximum Gasteiger partial charge on any atom is -0.0162 e. The Morgan fingerprint density at radius 3 is 2.53 bits per heavy atom. The maximum atomic E-state index is 2.41. The van der Waals surface area contributed by atoms with E-state index in [1.165, 1.54) is 37.7 Å². The number of benzene rings is 1. The Labute approximate surface area is 93.7 Å². The zero-order chi connectivity index (χ0) is 10.7. The predicted octanol–water partition coefficient (Wildman–Crippen LogP) is 4.68. The third-order valence-electron chi connectivity index (χ3n) is 3.92. The summed E-state index contributed by atoms with van der Waals surface area (Å²) in [5.74, 6) is 1.69. The van der Waals surface area contributed by atoms with Crippen LogP contribution in [0.1, 0.15) is 56.1 Å². The topological polar surface area (TPSA) is 0 Å². The van der Waals surface area contributed by atoms with Crippen LogP contribution in [0.2, 0.25) is 0 Å². The first kappa shape index (κ1) is 10.7. The minimum atomic E-state index is 0.755. The highest BCUT2D eigenvalue weighted by Gasteiger charge is 2.20. The fourth-order valence-electron chi connectivity index (χ4n) is 2.86. The highest BCUT2D eigenvalue weighted by atomic mass is 14.3. The molecule has 0 amide bonds. The standard InChI is InChI=1S/C15H22/c1-12-7-6-10-15(11-12)13(2)14-8-4-3-5-9-14/h6-7,10-11,13-14H,3-5,8-9H2,1-2H3. The van der Waals surface area contributed by atoms with Crippen molar-refractivity contribution in [3.63, 3.8) is 0 Å². The summed E-state index contributed by atoms with van der Waals surface area (Å²) in [6.07, 6.45) is 7.23. The Kier molecular flexibility index (Phi) is 3.45. The molecule has 0 radical (unpaired) electrons. The van der Waals surface area contributed by atoms with Crippen molar-refractivity contribution in [2.75, 3.05) is 0 Å². The van der Waals surface area contributed by atoms with Gasteiger partial charge in [-0.25, -0.2) is 0 Å². The van der Waals surface area contributed by atoms with Gasteiger partial charge < -0.3 is 0 Å². The van der Waals surface area contributed by atoms with E-state index in [1.54, 1.807) is 5.56 Å². The van der Waals surface area contributed by atoms with E-state index >= 15 is 0 Å². The van der Waals surface area contributed by atoms with Crippen LogP contribution in [0.3, 0.4) is 0 Å². The van der Waals surface area contributed by atoms with Gasteiger partial charge in [-0.3, -0.25) is 0 Å². The first-order valence-electron chi connectivity index (χ1n) is 6.34. The van der Waals surface area contributed by atoms with Gasteiger partial charge >= 0.3 is 0 Å². The zero-order valence-corrected chi connectivity index (χ0v) is 10.00. The Morgan fingerprint density at radius 2 is 1.87 bits per heavy atom. The van der Waals surface area contributed by atoms with Gasteiger partial charge in [0.15, 0.2) is 0 Å². The van der Waals surface area contributed by atoms with E-state index in [4.69, 9.17) is 0 Å². The minimum Gasteiger partial charge on any atom is -0.0617 e. The van der Waals surface area contributed by atoms with E-state index in [2.05, 4.69) is 38.1 Å². The van der Waals surface area contributed by atoms with Gasteiger partial charge in [0, 0.05) is 0 Å². The first-order chi connectivity index (χ1) is 7.27. The summed E-state index contributed by atoms with van der Waals surface area (Å²) in [5.41, 5.74) is 2.94. The summed E-state index contributed by atoms with van der Waals surface area (Å²) in [5, 5.41) is 0. The number of hydrogen-bond acceptors (Lipinski definition) is 0. The first-order valence-corrected chi connectivity index (χ1v) is 6.34. The zero-order valence-electron chi connectivity index (χ0n) is 10.00. The van der Waals surface area contributed by atoms with Crippen molar-refractivity contribution in [1.82, 2.24) is 0 Å². The van der Waals surface area contributed by atoms with Gasteiger partial charge in [0.25, 0.3) is 0 Å². The lowest BCUT2D eigenvalue weighted by molar-refractivity contribution is 0.316. The summed E-state index contributed by atoms with van der Waals surface area (Å²) in [6, 6.07) is 9.05. The molecule has 15 heavy (non-hydrogen) atoms. The van der Waals surface area contributed by atoms with Gasteiger partial charge in [0.2, 0.25) is 0 Å². The minimum absolute atomic E-state index is 0.755. The second kappa shape index (κ2) is 4.83. The molecule has 1 aromatic rings. The van der Waals surface area contributed by atoms with Crippen molar-refractivity contribution in [1.29, 1.82) is 0 Å². The Hall–Kier alpha value is -0.780. The van der Waals surface area contributed by atoms with Crippen LogP contribution in [0, 0.1) is 12.8 Å². The molecule has 1 saturated carbocycles. The second-order valence-electron chi connectivity index (χ2n) is 5.10. The molecular weight excluding hydrogens is 180 g/mol. The molecule has 0 bridgehead atoms. The van der Waals surface area contributed by atoms with Gasteiger partial charge in [-0.15, -0.1) is 0 Å². The van der Waals surface area contributed by atoms with Crippen LogP contribution in [0.4, 0.5) is 0 Å². The molecule has 0 aliphatic heterocycles. The fourth-order valence-corrected chi connectivity index (χ4v) is 2.86. The lowest BCUT2D eigenvalue weighted by Crippen LogP contribution is -2.13. The molecule has 0 spiro atoms. The number of rotatable bonds is 2. The molecule has 0 nitrogen and oxygen atoms in total. The van der Waals surface area contributed by atoms with Crippen LogP contribution in [0.15, 0.2) is 24.3 Å². The summed E-state index contributed by atoms with van der Waals surface area (Å²) in [4.78, 5) is 0. The van der Waals surface area contributed by atoms with Gasteiger partial charge in [-0.05, 0) is 37.2 Å². The molecule has 1 unspecified atom stereocenters. The van der Waals surface area contributed by atoms with E-state index in [-0.39, 0.29) is 0 Å². The van der Waals surface area contributed by atoms with Crippen LogP contribution in [-0.4, -0.2) is 0 Å². The lowest BCUT2D eigenvalue weighted by Gasteiger charge is -2.28. The van der Waals surface area contributed by atoms with E-state index in [0.717, 1.165) is 11.8 Å². The monoisotopic (exact) mass is 202 g/mol. The van der Waals surface area contributed by atoms with Crippen LogP contribution in [-0.2, 0) is 0 Å². The summed E-state index contributed by atoms with van der Waals surface area (Å²) < 4.78 is 0. The molecule has 0 heterocycles. The van der Waals surface area contributed by atoms with E-state index < -0.39 is 0 Å². The molecule has 1 aromatic carbocycles. The number of aryl methyl sites for hydroxylation is 1. The third-order valence-corrected chi connectivity index (χ3v) is 3.92. The molecule has 0 saturated heterocycles. The third kappa shape index (κ3) is 2.62. The van der Waals surface area contributed by atoms with Crippen LogP contribution < -0.4 is 0 Å². The fraction of sp³-hybridized carbons (Fsp3) is 0.600.